The summed E-state index contributed by atoms with van der Waals surface area (Å²) in [6.07, 6.45) is 5.48. The summed E-state index contributed by atoms with van der Waals surface area (Å²) in [6, 6.07) is 7.44. The van der Waals surface area contributed by atoms with Gasteiger partial charge in [0.1, 0.15) is 0 Å². The minimum Gasteiger partial charge on any atom is -0.352 e. The van der Waals surface area contributed by atoms with E-state index in [0.29, 0.717) is 30.5 Å². The average Bonchev–Trinajstić information content (AvgIpc) is 3.21. The van der Waals surface area contributed by atoms with Crippen LogP contribution < -0.4 is 16.4 Å². The smallest absolute Gasteiger partial charge is 0.251 e. The molecule has 4 atom stereocenters. The maximum atomic E-state index is 12.5. The molecule has 4 N–H and O–H groups in total. The van der Waals surface area contributed by atoms with E-state index in [0.717, 1.165) is 31.2 Å². The van der Waals surface area contributed by atoms with Crippen molar-refractivity contribution in [3.8, 4) is 0 Å². The summed E-state index contributed by atoms with van der Waals surface area (Å²) < 4.78 is 0. The Morgan fingerprint density at radius 2 is 1.81 bits per heavy atom. The number of nitrogens with one attached hydrogen (secondary N) is 2. The zero-order chi connectivity index (χ0) is 17.8. The number of rotatable bonds is 7. The Kier molecular flexibility index (Phi) is 7.47. The maximum absolute atomic E-state index is 12.5. The lowest BCUT2D eigenvalue weighted by Crippen LogP contribution is -2.45. The van der Waals surface area contributed by atoms with Crippen LogP contribution in [0.3, 0.4) is 0 Å². The highest BCUT2D eigenvalue weighted by Gasteiger charge is 2.48. The van der Waals surface area contributed by atoms with Gasteiger partial charge in [-0.05, 0) is 55.2 Å². The van der Waals surface area contributed by atoms with E-state index >= 15 is 0 Å². The third-order valence-electron chi connectivity index (χ3n) is 5.78. The zero-order valence-corrected chi connectivity index (χ0v) is 16.2. The van der Waals surface area contributed by atoms with E-state index in [1.54, 1.807) is 0 Å². The van der Waals surface area contributed by atoms with Crippen molar-refractivity contribution in [3.63, 3.8) is 0 Å². The molecule has 2 amide bonds. The fourth-order valence-corrected chi connectivity index (χ4v) is 4.29. The molecule has 1 aromatic rings. The van der Waals surface area contributed by atoms with E-state index in [1.807, 2.05) is 24.3 Å². The van der Waals surface area contributed by atoms with Gasteiger partial charge in [0.2, 0.25) is 5.91 Å². The third kappa shape index (κ3) is 4.57. The standard InChI is InChI=1S/C20H29N3O2.ClH/c1-2-3-10-22-19(24)14-6-4-13(5-7-14)12-23-20(25)17-15-8-9-16(11-15)18(17)21;/h4-7,15-18H,2-3,8-12,21H2,1H3,(H,22,24)(H,23,25);1H. The highest BCUT2D eigenvalue weighted by molar-refractivity contribution is 5.94. The van der Waals surface area contributed by atoms with Crippen LogP contribution in [0, 0.1) is 17.8 Å². The van der Waals surface area contributed by atoms with Crippen LogP contribution in [0.15, 0.2) is 24.3 Å². The monoisotopic (exact) mass is 379 g/mol. The minimum absolute atomic E-state index is 0. The van der Waals surface area contributed by atoms with Crippen molar-refractivity contribution in [1.29, 1.82) is 0 Å². The second-order valence-corrected chi connectivity index (χ2v) is 7.46. The van der Waals surface area contributed by atoms with Crippen molar-refractivity contribution in [2.75, 3.05) is 6.54 Å². The number of carbonyl (C=O) groups is 2. The fourth-order valence-electron chi connectivity index (χ4n) is 4.29. The van der Waals surface area contributed by atoms with Gasteiger partial charge in [0.15, 0.2) is 0 Å². The van der Waals surface area contributed by atoms with Gasteiger partial charge in [-0.1, -0.05) is 25.5 Å². The topological polar surface area (TPSA) is 84.2 Å². The first-order valence-electron chi connectivity index (χ1n) is 9.50. The summed E-state index contributed by atoms with van der Waals surface area (Å²) in [5, 5.41) is 5.93. The van der Waals surface area contributed by atoms with Gasteiger partial charge in [-0.3, -0.25) is 9.59 Å². The lowest BCUT2D eigenvalue weighted by molar-refractivity contribution is -0.127. The highest BCUT2D eigenvalue weighted by atomic mass is 35.5. The summed E-state index contributed by atoms with van der Waals surface area (Å²) in [6.45, 7) is 3.28. The molecule has 0 spiro atoms. The number of benzene rings is 1. The maximum Gasteiger partial charge on any atom is 0.251 e. The number of nitrogens with two attached hydrogens (primary N) is 1. The Hall–Kier alpha value is -1.59. The van der Waals surface area contributed by atoms with E-state index in [-0.39, 0.29) is 36.2 Å². The molecule has 2 fully saturated rings. The molecule has 6 heteroatoms. The molecule has 0 saturated heterocycles. The number of unbranched alkanes of at least 4 members (excludes halogenated alkanes) is 1. The molecule has 5 nitrogen and oxygen atoms in total. The van der Waals surface area contributed by atoms with E-state index in [4.69, 9.17) is 5.73 Å². The van der Waals surface area contributed by atoms with Gasteiger partial charge in [0.25, 0.3) is 5.91 Å². The molecule has 2 bridgehead atoms. The molecule has 26 heavy (non-hydrogen) atoms. The fraction of sp³-hybridized carbons (Fsp3) is 0.600. The Morgan fingerprint density at radius 3 is 2.42 bits per heavy atom. The summed E-state index contributed by atoms with van der Waals surface area (Å²) >= 11 is 0. The van der Waals surface area contributed by atoms with Crippen molar-refractivity contribution in [2.24, 2.45) is 23.5 Å². The highest BCUT2D eigenvalue weighted by Crippen LogP contribution is 2.47. The van der Waals surface area contributed by atoms with Crippen LogP contribution in [0.1, 0.15) is 54.9 Å². The molecule has 3 rings (SSSR count). The van der Waals surface area contributed by atoms with Gasteiger partial charge in [0, 0.05) is 24.7 Å². The van der Waals surface area contributed by atoms with Gasteiger partial charge in [-0.15, -0.1) is 12.4 Å². The van der Waals surface area contributed by atoms with E-state index in [2.05, 4.69) is 17.6 Å². The molecular weight excluding hydrogens is 350 g/mol. The van der Waals surface area contributed by atoms with Crippen molar-refractivity contribution in [3.05, 3.63) is 35.4 Å². The average molecular weight is 380 g/mol. The number of amides is 2. The zero-order valence-electron chi connectivity index (χ0n) is 15.4. The predicted octanol–water partition coefficient (Wildman–Crippen LogP) is 2.63. The van der Waals surface area contributed by atoms with Crippen LogP contribution in [-0.4, -0.2) is 24.4 Å². The number of fused-ring (bicyclic) bond motifs is 2. The van der Waals surface area contributed by atoms with Crippen LogP contribution in [-0.2, 0) is 11.3 Å². The van der Waals surface area contributed by atoms with Crippen LogP contribution in [0.25, 0.3) is 0 Å². The van der Waals surface area contributed by atoms with Gasteiger partial charge in [-0.25, -0.2) is 0 Å². The van der Waals surface area contributed by atoms with Crippen molar-refractivity contribution < 1.29 is 9.59 Å². The molecule has 2 saturated carbocycles. The van der Waals surface area contributed by atoms with E-state index in [1.165, 1.54) is 6.42 Å². The second kappa shape index (κ2) is 9.38. The molecule has 4 unspecified atom stereocenters. The largest absolute Gasteiger partial charge is 0.352 e. The molecular formula is C20H30ClN3O2. The van der Waals surface area contributed by atoms with Crippen LogP contribution >= 0.6 is 12.4 Å². The normalized spacial score (nSPS) is 26.2. The predicted molar refractivity (Wildman–Crippen MR) is 105 cm³/mol. The summed E-state index contributed by atoms with van der Waals surface area (Å²) in [5.74, 6) is 1.01. The molecule has 144 valence electrons. The lowest BCUT2D eigenvalue weighted by Gasteiger charge is -2.27. The summed E-state index contributed by atoms with van der Waals surface area (Å²) in [7, 11) is 0. The van der Waals surface area contributed by atoms with Gasteiger partial charge >= 0.3 is 0 Å². The summed E-state index contributed by atoms with van der Waals surface area (Å²) in [5.41, 5.74) is 7.88. The Bertz CT molecular complexity index is 618. The van der Waals surface area contributed by atoms with Gasteiger partial charge < -0.3 is 16.4 Å². The van der Waals surface area contributed by atoms with E-state index < -0.39 is 0 Å². The molecule has 0 aromatic heterocycles. The molecule has 0 aliphatic heterocycles. The minimum atomic E-state index is -0.0445. The molecule has 0 radical (unpaired) electrons. The number of halogens is 1. The second-order valence-electron chi connectivity index (χ2n) is 7.46. The third-order valence-corrected chi connectivity index (χ3v) is 5.78. The molecule has 2 aliphatic carbocycles. The number of hydrogen-bond donors (Lipinski definition) is 3. The molecule has 2 aliphatic rings. The first-order valence-corrected chi connectivity index (χ1v) is 9.50. The van der Waals surface area contributed by atoms with Crippen molar-refractivity contribution >= 4 is 24.2 Å². The van der Waals surface area contributed by atoms with Crippen LogP contribution in [0.4, 0.5) is 0 Å². The van der Waals surface area contributed by atoms with Crippen molar-refractivity contribution in [1.82, 2.24) is 10.6 Å². The number of hydrogen-bond acceptors (Lipinski definition) is 3. The van der Waals surface area contributed by atoms with Crippen LogP contribution in [0.2, 0.25) is 0 Å². The SMILES string of the molecule is CCCCNC(=O)c1ccc(CNC(=O)C2C3CCC(C3)C2N)cc1.Cl. The van der Waals surface area contributed by atoms with Crippen LogP contribution in [0.5, 0.6) is 0 Å². The van der Waals surface area contributed by atoms with Crippen molar-refractivity contribution in [2.45, 2.75) is 51.6 Å². The summed E-state index contributed by atoms with van der Waals surface area (Å²) in [4.78, 5) is 24.5. The van der Waals surface area contributed by atoms with E-state index in [9.17, 15) is 9.59 Å². The first kappa shape index (κ1) is 20.7. The van der Waals surface area contributed by atoms with Gasteiger partial charge in [-0.2, -0.15) is 0 Å². The molecule has 1 aromatic carbocycles. The Balaban J connectivity index is 0.00000243. The molecule has 0 heterocycles. The quantitative estimate of drug-likeness (QED) is 0.637. The van der Waals surface area contributed by atoms with Gasteiger partial charge in [0.05, 0.1) is 5.92 Å². The Labute approximate surface area is 161 Å². The number of carbonyl (C=O) groups excluding carboxylic acids is 2. The lowest BCUT2D eigenvalue weighted by atomic mass is 9.84. The first-order chi connectivity index (χ1) is 12.1. The Morgan fingerprint density at radius 1 is 1.12 bits per heavy atom.